The molecule has 3 heteroatoms. The zero-order valence-electron chi connectivity index (χ0n) is 14.7. The highest BCUT2D eigenvalue weighted by Gasteiger charge is 2.46. The van der Waals surface area contributed by atoms with Crippen molar-refractivity contribution < 1.29 is 4.79 Å². The van der Waals surface area contributed by atoms with Crippen molar-refractivity contribution in [2.75, 3.05) is 32.7 Å². The molecule has 2 rings (SSSR count). The van der Waals surface area contributed by atoms with Gasteiger partial charge in [0.15, 0.2) is 0 Å². The zero-order chi connectivity index (χ0) is 15.7. The predicted molar refractivity (Wildman–Crippen MR) is 88.2 cm³/mol. The Morgan fingerprint density at radius 3 is 2.19 bits per heavy atom. The lowest BCUT2D eigenvalue weighted by Crippen LogP contribution is -2.62. The van der Waals surface area contributed by atoms with Gasteiger partial charge in [-0.3, -0.25) is 4.79 Å². The summed E-state index contributed by atoms with van der Waals surface area (Å²) in [6.45, 7) is 16.9. The SMILES string of the molecule is CC(C)CN1CCC2(CC1)CN(C(=O)CCC(C)(C)C)C2. The number of hydrogen-bond donors (Lipinski definition) is 0. The van der Waals surface area contributed by atoms with Crippen LogP contribution in [0.25, 0.3) is 0 Å². The molecule has 2 saturated heterocycles. The fraction of sp³-hybridized carbons (Fsp3) is 0.944. The van der Waals surface area contributed by atoms with Crippen LogP contribution >= 0.6 is 0 Å². The molecule has 0 aromatic rings. The van der Waals surface area contributed by atoms with Crippen molar-refractivity contribution in [3.05, 3.63) is 0 Å². The van der Waals surface area contributed by atoms with Gasteiger partial charge in [0.2, 0.25) is 5.91 Å². The van der Waals surface area contributed by atoms with Gasteiger partial charge >= 0.3 is 0 Å². The third-order valence-corrected chi connectivity index (χ3v) is 5.03. The molecular weight excluding hydrogens is 260 g/mol. The van der Waals surface area contributed by atoms with Crippen molar-refractivity contribution in [3.63, 3.8) is 0 Å². The maximum Gasteiger partial charge on any atom is 0.222 e. The lowest BCUT2D eigenvalue weighted by atomic mass is 9.71. The topological polar surface area (TPSA) is 23.6 Å². The minimum Gasteiger partial charge on any atom is -0.341 e. The van der Waals surface area contributed by atoms with E-state index in [9.17, 15) is 4.79 Å². The van der Waals surface area contributed by atoms with E-state index in [0.29, 0.717) is 11.3 Å². The Labute approximate surface area is 131 Å². The van der Waals surface area contributed by atoms with Gasteiger partial charge < -0.3 is 9.80 Å². The summed E-state index contributed by atoms with van der Waals surface area (Å²) in [4.78, 5) is 16.9. The second kappa shape index (κ2) is 6.28. The molecule has 0 atom stereocenters. The summed E-state index contributed by atoms with van der Waals surface area (Å²) in [5, 5.41) is 0. The highest BCUT2D eigenvalue weighted by Crippen LogP contribution is 2.41. The van der Waals surface area contributed by atoms with Crippen LogP contribution in [0.15, 0.2) is 0 Å². The third kappa shape index (κ3) is 4.70. The van der Waals surface area contributed by atoms with Crippen LogP contribution in [0, 0.1) is 16.7 Å². The Morgan fingerprint density at radius 1 is 1.14 bits per heavy atom. The third-order valence-electron chi connectivity index (χ3n) is 5.03. The summed E-state index contributed by atoms with van der Waals surface area (Å²) in [7, 11) is 0. The van der Waals surface area contributed by atoms with E-state index in [1.54, 1.807) is 0 Å². The number of carbonyl (C=O) groups is 1. The van der Waals surface area contributed by atoms with Gasteiger partial charge in [0.05, 0.1) is 0 Å². The highest BCUT2D eigenvalue weighted by atomic mass is 16.2. The molecule has 0 aromatic heterocycles. The van der Waals surface area contributed by atoms with Gasteiger partial charge in [-0.25, -0.2) is 0 Å². The molecule has 21 heavy (non-hydrogen) atoms. The maximum absolute atomic E-state index is 12.2. The largest absolute Gasteiger partial charge is 0.341 e. The molecule has 0 radical (unpaired) electrons. The van der Waals surface area contributed by atoms with E-state index in [1.165, 1.54) is 32.5 Å². The Balaban J connectivity index is 1.70. The first-order chi connectivity index (χ1) is 9.69. The van der Waals surface area contributed by atoms with Crippen LogP contribution in [-0.4, -0.2) is 48.4 Å². The first kappa shape index (κ1) is 16.8. The maximum atomic E-state index is 12.2. The minimum absolute atomic E-state index is 0.264. The zero-order valence-corrected chi connectivity index (χ0v) is 14.7. The van der Waals surface area contributed by atoms with Crippen LogP contribution in [0.1, 0.15) is 60.3 Å². The van der Waals surface area contributed by atoms with Crippen LogP contribution in [0.3, 0.4) is 0 Å². The van der Waals surface area contributed by atoms with Gasteiger partial charge in [0.1, 0.15) is 0 Å². The summed E-state index contributed by atoms with van der Waals surface area (Å²) in [6.07, 6.45) is 4.28. The molecule has 122 valence electrons. The Kier molecular flexibility index (Phi) is 5.02. The normalized spacial score (nSPS) is 22.7. The van der Waals surface area contributed by atoms with Gasteiger partial charge in [-0.15, -0.1) is 0 Å². The summed E-state index contributed by atoms with van der Waals surface area (Å²) < 4.78 is 0. The molecule has 3 nitrogen and oxygen atoms in total. The number of nitrogens with zero attached hydrogens (tertiary/aromatic N) is 2. The lowest BCUT2D eigenvalue weighted by Gasteiger charge is -2.54. The number of hydrogen-bond acceptors (Lipinski definition) is 2. The number of carbonyl (C=O) groups excluding carboxylic acids is 1. The van der Waals surface area contributed by atoms with Gasteiger partial charge in [0.25, 0.3) is 0 Å². The van der Waals surface area contributed by atoms with Crippen LogP contribution < -0.4 is 0 Å². The standard InChI is InChI=1S/C18H34N2O/c1-15(2)12-19-10-8-18(9-11-19)13-20(14-18)16(21)6-7-17(3,4)5/h15H,6-14H2,1-5H3. The smallest absolute Gasteiger partial charge is 0.222 e. The summed E-state index contributed by atoms with van der Waals surface area (Å²) in [5.41, 5.74) is 0.727. The molecule has 2 aliphatic rings. The fourth-order valence-electron chi connectivity index (χ4n) is 3.62. The average molecular weight is 294 g/mol. The predicted octanol–water partition coefficient (Wildman–Crippen LogP) is 3.39. The quantitative estimate of drug-likeness (QED) is 0.793. The van der Waals surface area contributed by atoms with Crippen molar-refractivity contribution in [2.24, 2.45) is 16.7 Å². The Morgan fingerprint density at radius 2 is 1.71 bits per heavy atom. The van der Waals surface area contributed by atoms with E-state index in [2.05, 4.69) is 44.4 Å². The van der Waals surface area contributed by atoms with Crippen LogP contribution in [-0.2, 0) is 4.79 Å². The molecule has 2 heterocycles. The van der Waals surface area contributed by atoms with Crippen molar-refractivity contribution in [2.45, 2.75) is 60.3 Å². The molecule has 0 unspecified atom stereocenters. The molecule has 0 N–H and O–H groups in total. The highest BCUT2D eigenvalue weighted by molar-refractivity contribution is 5.77. The Hall–Kier alpha value is -0.570. The molecule has 1 amide bonds. The molecule has 2 aliphatic heterocycles. The number of likely N-dealkylation sites (tertiary alicyclic amines) is 2. The van der Waals surface area contributed by atoms with E-state index >= 15 is 0 Å². The van der Waals surface area contributed by atoms with Gasteiger partial charge in [0, 0.05) is 31.5 Å². The molecule has 0 bridgehead atoms. The van der Waals surface area contributed by atoms with Crippen molar-refractivity contribution in [1.82, 2.24) is 9.80 Å². The molecule has 2 fully saturated rings. The monoisotopic (exact) mass is 294 g/mol. The lowest BCUT2D eigenvalue weighted by molar-refractivity contribution is -0.147. The molecule has 0 aromatic carbocycles. The molecule has 0 saturated carbocycles. The first-order valence-electron chi connectivity index (χ1n) is 8.69. The second-order valence-electron chi connectivity index (χ2n) is 9.00. The van der Waals surface area contributed by atoms with Crippen LogP contribution in [0.5, 0.6) is 0 Å². The van der Waals surface area contributed by atoms with Crippen molar-refractivity contribution in [1.29, 1.82) is 0 Å². The van der Waals surface area contributed by atoms with E-state index in [4.69, 9.17) is 0 Å². The van der Waals surface area contributed by atoms with Crippen LogP contribution in [0.2, 0.25) is 0 Å². The van der Waals surface area contributed by atoms with E-state index in [1.807, 2.05) is 0 Å². The van der Waals surface area contributed by atoms with Gasteiger partial charge in [-0.05, 0) is 43.7 Å². The van der Waals surface area contributed by atoms with E-state index < -0.39 is 0 Å². The number of rotatable bonds is 4. The van der Waals surface area contributed by atoms with Gasteiger partial charge in [-0.1, -0.05) is 34.6 Å². The molecule has 0 aliphatic carbocycles. The van der Waals surface area contributed by atoms with Gasteiger partial charge in [-0.2, -0.15) is 0 Å². The summed E-state index contributed by atoms with van der Waals surface area (Å²) in [6, 6.07) is 0. The second-order valence-corrected chi connectivity index (χ2v) is 9.00. The van der Waals surface area contributed by atoms with E-state index in [0.717, 1.165) is 31.8 Å². The Bertz CT molecular complexity index is 354. The van der Waals surface area contributed by atoms with Crippen molar-refractivity contribution >= 4 is 5.91 Å². The summed E-state index contributed by atoms with van der Waals surface area (Å²) >= 11 is 0. The number of piperidine rings is 1. The van der Waals surface area contributed by atoms with Crippen molar-refractivity contribution in [3.8, 4) is 0 Å². The molecule has 1 spiro atoms. The summed E-state index contributed by atoms with van der Waals surface area (Å²) in [5.74, 6) is 1.14. The van der Waals surface area contributed by atoms with E-state index in [-0.39, 0.29) is 5.41 Å². The average Bonchev–Trinajstić information content (AvgIpc) is 2.33. The minimum atomic E-state index is 0.264. The first-order valence-corrected chi connectivity index (χ1v) is 8.69. The van der Waals surface area contributed by atoms with Crippen LogP contribution in [0.4, 0.5) is 0 Å². The molecular formula is C18H34N2O. The fourth-order valence-corrected chi connectivity index (χ4v) is 3.62. The number of amides is 1.